The molecule has 0 saturated heterocycles. The molecule has 0 aliphatic rings. The Kier molecular flexibility index (Phi) is 3.62. The molecule has 0 fully saturated rings. The van der Waals surface area contributed by atoms with E-state index < -0.39 is 12.1 Å². The standard InChI is InChI=1S/C5H8O4/c1-9-4(2-3-6)5(7)8/h3-4H,2H2,1H3,(H,7,8). The van der Waals surface area contributed by atoms with Gasteiger partial charge in [-0.2, -0.15) is 0 Å². The van der Waals surface area contributed by atoms with Crippen LogP contribution in [-0.2, 0) is 14.3 Å². The van der Waals surface area contributed by atoms with Gasteiger partial charge in [-0.05, 0) is 0 Å². The lowest BCUT2D eigenvalue weighted by Crippen LogP contribution is -2.22. The van der Waals surface area contributed by atoms with E-state index in [1.54, 1.807) is 0 Å². The van der Waals surface area contributed by atoms with Crippen LogP contribution in [0.25, 0.3) is 0 Å². The van der Waals surface area contributed by atoms with Crippen molar-refractivity contribution in [3.8, 4) is 0 Å². The van der Waals surface area contributed by atoms with E-state index in [0.717, 1.165) is 0 Å². The predicted octanol–water partition coefficient (Wildman–Crippen LogP) is -0.325. The van der Waals surface area contributed by atoms with Crippen molar-refractivity contribution in [2.75, 3.05) is 7.11 Å². The van der Waals surface area contributed by atoms with Crippen LogP contribution in [0, 0.1) is 0 Å². The van der Waals surface area contributed by atoms with E-state index in [9.17, 15) is 9.59 Å². The van der Waals surface area contributed by atoms with Gasteiger partial charge in [-0.15, -0.1) is 0 Å². The first kappa shape index (κ1) is 8.10. The zero-order valence-corrected chi connectivity index (χ0v) is 5.03. The average Bonchev–Trinajstić information content (AvgIpc) is 1.82. The van der Waals surface area contributed by atoms with Gasteiger partial charge in [0.15, 0.2) is 6.10 Å². The molecular weight excluding hydrogens is 124 g/mol. The van der Waals surface area contributed by atoms with Crippen molar-refractivity contribution in [3.05, 3.63) is 0 Å². The van der Waals surface area contributed by atoms with E-state index in [0.29, 0.717) is 6.29 Å². The summed E-state index contributed by atoms with van der Waals surface area (Å²) in [7, 11) is 1.25. The minimum Gasteiger partial charge on any atom is -0.479 e. The van der Waals surface area contributed by atoms with Crippen molar-refractivity contribution in [3.63, 3.8) is 0 Å². The summed E-state index contributed by atoms with van der Waals surface area (Å²) < 4.78 is 4.42. The Morgan fingerprint density at radius 2 is 2.44 bits per heavy atom. The Bertz CT molecular complexity index is 110. The first-order valence-electron chi connectivity index (χ1n) is 2.41. The average molecular weight is 132 g/mol. The monoisotopic (exact) mass is 132 g/mol. The summed E-state index contributed by atoms with van der Waals surface area (Å²) in [5, 5.41) is 8.22. The number of carbonyl (C=O) groups is 2. The Morgan fingerprint density at radius 3 is 2.56 bits per heavy atom. The molecule has 0 aromatic heterocycles. The van der Waals surface area contributed by atoms with Crippen LogP contribution < -0.4 is 0 Å². The first-order chi connectivity index (χ1) is 4.22. The fraction of sp³-hybridized carbons (Fsp3) is 0.600. The second-order valence-corrected chi connectivity index (χ2v) is 1.46. The third-order valence-electron chi connectivity index (χ3n) is 0.870. The fourth-order valence-corrected chi connectivity index (χ4v) is 0.385. The van der Waals surface area contributed by atoms with Gasteiger partial charge in [0.2, 0.25) is 0 Å². The molecule has 0 saturated carbocycles. The summed E-state index contributed by atoms with van der Waals surface area (Å²) in [4.78, 5) is 19.8. The minimum absolute atomic E-state index is 0.0914. The summed E-state index contributed by atoms with van der Waals surface area (Å²) >= 11 is 0. The van der Waals surface area contributed by atoms with Gasteiger partial charge in [-0.3, -0.25) is 0 Å². The molecule has 0 radical (unpaired) electrons. The lowest BCUT2D eigenvalue weighted by Gasteiger charge is -2.03. The van der Waals surface area contributed by atoms with Crippen molar-refractivity contribution in [2.24, 2.45) is 0 Å². The van der Waals surface area contributed by atoms with E-state index in [2.05, 4.69) is 4.74 Å². The Labute approximate surface area is 52.4 Å². The van der Waals surface area contributed by atoms with Gasteiger partial charge in [0.05, 0.1) is 0 Å². The topological polar surface area (TPSA) is 63.6 Å². The molecule has 1 atom stereocenters. The molecule has 0 spiro atoms. The Morgan fingerprint density at radius 1 is 1.89 bits per heavy atom. The van der Waals surface area contributed by atoms with E-state index in [4.69, 9.17) is 5.11 Å². The van der Waals surface area contributed by atoms with E-state index in [-0.39, 0.29) is 6.42 Å². The lowest BCUT2D eigenvalue weighted by molar-refractivity contribution is -0.149. The number of carboxylic acids is 1. The maximum atomic E-state index is 10.0. The zero-order chi connectivity index (χ0) is 7.28. The molecule has 0 aliphatic heterocycles. The second kappa shape index (κ2) is 4.03. The number of hydrogen-bond donors (Lipinski definition) is 1. The molecule has 0 aromatic rings. The van der Waals surface area contributed by atoms with Gasteiger partial charge in [0.1, 0.15) is 6.29 Å². The van der Waals surface area contributed by atoms with Crippen molar-refractivity contribution in [1.82, 2.24) is 0 Å². The van der Waals surface area contributed by atoms with Gasteiger partial charge >= 0.3 is 5.97 Å². The largest absolute Gasteiger partial charge is 0.479 e. The highest BCUT2D eigenvalue weighted by Gasteiger charge is 2.14. The lowest BCUT2D eigenvalue weighted by atomic mass is 10.3. The van der Waals surface area contributed by atoms with Crippen LogP contribution in [0.15, 0.2) is 0 Å². The summed E-state index contributed by atoms with van der Waals surface area (Å²) in [6, 6.07) is 0. The molecule has 4 heteroatoms. The first-order valence-corrected chi connectivity index (χ1v) is 2.41. The summed E-state index contributed by atoms with van der Waals surface area (Å²) in [6.45, 7) is 0. The number of ether oxygens (including phenoxy) is 1. The van der Waals surface area contributed by atoms with Crippen molar-refractivity contribution in [2.45, 2.75) is 12.5 Å². The van der Waals surface area contributed by atoms with Crippen molar-refractivity contribution < 1.29 is 19.4 Å². The maximum absolute atomic E-state index is 10.0. The van der Waals surface area contributed by atoms with Crippen LogP contribution in [-0.4, -0.2) is 30.6 Å². The van der Waals surface area contributed by atoms with E-state index in [1.807, 2.05) is 0 Å². The van der Waals surface area contributed by atoms with Crippen molar-refractivity contribution in [1.29, 1.82) is 0 Å². The smallest absolute Gasteiger partial charge is 0.333 e. The fourth-order valence-electron chi connectivity index (χ4n) is 0.385. The van der Waals surface area contributed by atoms with Gasteiger partial charge < -0.3 is 14.6 Å². The van der Waals surface area contributed by atoms with Gasteiger partial charge in [0, 0.05) is 13.5 Å². The third kappa shape index (κ3) is 2.81. The number of aliphatic carboxylic acids is 1. The molecule has 1 N–H and O–H groups in total. The molecule has 0 aliphatic carbocycles. The van der Waals surface area contributed by atoms with Gasteiger partial charge in [0.25, 0.3) is 0 Å². The quantitative estimate of drug-likeness (QED) is 0.532. The minimum atomic E-state index is -1.11. The van der Waals surface area contributed by atoms with Crippen LogP contribution >= 0.6 is 0 Å². The highest BCUT2D eigenvalue weighted by atomic mass is 16.5. The number of methoxy groups -OCH3 is 1. The molecule has 4 nitrogen and oxygen atoms in total. The molecule has 0 rings (SSSR count). The second-order valence-electron chi connectivity index (χ2n) is 1.46. The maximum Gasteiger partial charge on any atom is 0.333 e. The molecule has 0 aromatic carbocycles. The van der Waals surface area contributed by atoms with Gasteiger partial charge in [-0.1, -0.05) is 0 Å². The number of rotatable bonds is 4. The number of aldehydes is 1. The molecule has 9 heavy (non-hydrogen) atoms. The molecular formula is C5H8O4. The van der Waals surface area contributed by atoms with Crippen LogP contribution in [0.4, 0.5) is 0 Å². The van der Waals surface area contributed by atoms with Crippen molar-refractivity contribution >= 4 is 12.3 Å². The highest BCUT2D eigenvalue weighted by Crippen LogP contribution is 1.92. The van der Waals surface area contributed by atoms with Crippen LogP contribution in [0.1, 0.15) is 6.42 Å². The third-order valence-corrected chi connectivity index (χ3v) is 0.870. The zero-order valence-electron chi connectivity index (χ0n) is 5.03. The number of hydrogen-bond acceptors (Lipinski definition) is 3. The summed E-state index contributed by atoms with van der Waals surface area (Å²) in [5.74, 6) is -1.11. The Hall–Kier alpha value is -0.900. The molecule has 0 heterocycles. The van der Waals surface area contributed by atoms with E-state index in [1.165, 1.54) is 7.11 Å². The Balaban J connectivity index is 3.67. The highest BCUT2D eigenvalue weighted by molar-refractivity contribution is 5.75. The normalized spacial score (nSPS) is 12.6. The van der Waals surface area contributed by atoms with Gasteiger partial charge in [-0.25, -0.2) is 4.79 Å². The van der Waals surface area contributed by atoms with E-state index >= 15 is 0 Å². The summed E-state index contributed by atoms with van der Waals surface area (Å²) in [5.41, 5.74) is 0. The number of carbonyl (C=O) groups excluding carboxylic acids is 1. The van der Waals surface area contributed by atoms with Crippen LogP contribution in [0.5, 0.6) is 0 Å². The van der Waals surface area contributed by atoms with Crippen LogP contribution in [0.2, 0.25) is 0 Å². The van der Waals surface area contributed by atoms with Crippen LogP contribution in [0.3, 0.4) is 0 Å². The molecule has 0 bridgehead atoms. The predicted molar refractivity (Wildman–Crippen MR) is 29.1 cm³/mol. The molecule has 52 valence electrons. The molecule has 0 amide bonds. The number of carboxylic acid groups (broad SMARTS) is 1. The molecule has 1 unspecified atom stereocenters. The SMILES string of the molecule is COC(CC=O)C(=O)O. The summed E-state index contributed by atoms with van der Waals surface area (Å²) in [6.07, 6.45) is -0.559.